The van der Waals surface area contributed by atoms with Crippen LogP contribution in [0.3, 0.4) is 0 Å². The molecule has 0 aromatic heterocycles. The summed E-state index contributed by atoms with van der Waals surface area (Å²) in [6, 6.07) is 9.53. The topological polar surface area (TPSA) is 15.3 Å². The van der Waals surface area contributed by atoms with Gasteiger partial charge in [-0.3, -0.25) is 4.90 Å². The Morgan fingerprint density at radius 1 is 1.25 bits per heavy atom. The highest BCUT2D eigenvalue weighted by molar-refractivity contribution is 5.25. The van der Waals surface area contributed by atoms with Crippen molar-refractivity contribution in [1.29, 1.82) is 0 Å². The van der Waals surface area contributed by atoms with Crippen LogP contribution in [0.4, 0.5) is 0 Å². The van der Waals surface area contributed by atoms with Gasteiger partial charge in [0.2, 0.25) is 0 Å². The molecule has 1 aliphatic heterocycles. The van der Waals surface area contributed by atoms with Gasteiger partial charge in [0.1, 0.15) is 0 Å². The summed E-state index contributed by atoms with van der Waals surface area (Å²) < 4.78 is 0. The molecule has 2 aliphatic rings. The van der Waals surface area contributed by atoms with E-state index in [1.807, 2.05) is 0 Å². The molecule has 1 aromatic rings. The largest absolute Gasteiger partial charge is 0.310 e. The predicted octanol–water partition coefficient (Wildman–Crippen LogP) is 3.49. The van der Waals surface area contributed by atoms with Crippen LogP contribution in [0, 0.1) is 6.92 Å². The van der Waals surface area contributed by atoms with Crippen molar-refractivity contribution in [3.63, 3.8) is 0 Å². The molecule has 1 atom stereocenters. The van der Waals surface area contributed by atoms with E-state index in [-0.39, 0.29) is 0 Å². The third-order valence-electron chi connectivity index (χ3n) is 5.39. The Bertz CT molecular complexity index is 448. The molecule has 1 heterocycles. The number of benzene rings is 1. The second-order valence-electron chi connectivity index (χ2n) is 6.88. The highest BCUT2D eigenvalue weighted by Crippen LogP contribution is 2.33. The normalized spacial score (nSPS) is 26.8. The average Bonchev–Trinajstić information content (AvgIpc) is 2.82. The second-order valence-corrected chi connectivity index (χ2v) is 6.88. The van der Waals surface area contributed by atoms with Crippen LogP contribution in [-0.4, -0.2) is 29.6 Å². The fourth-order valence-corrected chi connectivity index (χ4v) is 3.93. The second kappa shape index (κ2) is 5.87. The van der Waals surface area contributed by atoms with E-state index < -0.39 is 0 Å². The minimum atomic E-state index is 0.410. The van der Waals surface area contributed by atoms with Crippen LogP contribution < -0.4 is 5.32 Å². The Hall–Kier alpha value is -0.860. The van der Waals surface area contributed by atoms with Gasteiger partial charge in [-0.1, -0.05) is 37.1 Å². The van der Waals surface area contributed by atoms with Gasteiger partial charge < -0.3 is 5.32 Å². The Labute approximate surface area is 123 Å². The molecule has 20 heavy (non-hydrogen) atoms. The Balaban J connectivity index is 1.77. The standard InChI is InChI=1S/C18H28N2/c1-15-7-3-4-8-17(15)13-20-14-18(10-5-6-11-18)19-12-9-16(20)2/h3-4,7-8,16,19H,5-6,9-14H2,1-2H3. The molecule has 1 spiro atoms. The van der Waals surface area contributed by atoms with E-state index in [0.29, 0.717) is 11.6 Å². The zero-order valence-corrected chi connectivity index (χ0v) is 13.0. The van der Waals surface area contributed by atoms with Crippen LogP contribution in [-0.2, 0) is 6.54 Å². The molecule has 2 heteroatoms. The lowest BCUT2D eigenvalue weighted by molar-refractivity contribution is 0.160. The molecule has 1 saturated carbocycles. The van der Waals surface area contributed by atoms with Crippen molar-refractivity contribution in [1.82, 2.24) is 10.2 Å². The smallest absolute Gasteiger partial charge is 0.0309 e. The molecule has 1 unspecified atom stereocenters. The molecule has 3 rings (SSSR count). The lowest BCUT2D eigenvalue weighted by atomic mass is 9.96. The molecule has 1 aromatic carbocycles. The van der Waals surface area contributed by atoms with E-state index in [0.717, 1.165) is 6.54 Å². The third kappa shape index (κ3) is 2.91. The maximum atomic E-state index is 3.88. The molecular weight excluding hydrogens is 244 g/mol. The number of hydrogen-bond donors (Lipinski definition) is 1. The maximum absolute atomic E-state index is 3.88. The Kier molecular flexibility index (Phi) is 4.13. The molecule has 0 amide bonds. The van der Waals surface area contributed by atoms with Crippen molar-refractivity contribution in [2.24, 2.45) is 0 Å². The van der Waals surface area contributed by atoms with Crippen LogP contribution in [0.25, 0.3) is 0 Å². The van der Waals surface area contributed by atoms with Gasteiger partial charge in [-0.05, 0) is 50.8 Å². The zero-order chi connectivity index (χ0) is 14.0. The van der Waals surface area contributed by atoms with Crippen LogP contribution in [0.15, 0.2) is 24.3 Å². The first-order chi connectivity index (χ1) is 9.69. The SMILES string of the molecule is Cc1ccccc1CN1CC2(CCCC2)NCCC1C. The van der Waals surface area contributed by atoms with Crippen LogP contribution in [0.5, 0.6) is 0 Å². The molecule has 0 radical (unpaired) electrons. The quantitative estimate of drug-likeness (QED) is 0.886. The monoisotopic (exact) mass is 272 g/mol. The van der Waals surface area contributed by atoms with E-state index in [1.165, 1.54) is 56.3 Å². The van der Waals surface area contributed by atoms with Gasteiger partial charge >= 0.3 is 0 Å². The van der Waals surface area contributed by atoms with Crippen LogP contribution in [0.1, 0.15) is 50.2 Å². The minimum absolute atomic E-state index is 0.410. The fraction of sp³-hybridized carbons (Fsp3) is 0.667. The van der Waals surface area contributed by atoms with Gasteiger partial charge in [0.25, 0.3) is 0 Å². The van der Waals surface area contributed by atoms with E-state index in [2.05, 4.69) is 48.3 Å². The molecule has 1 saturated heterocycles. The van der Waals surface area contributed by atoms with Crippen molar-refractivity contribution < 1.29 is 0 Å². The lowest BCUT2D eigenvalue weighted by Crippen LogP contribution is -2.50. The first-order valence-electron chi connectivity index (χ1n) is 8.22. The number of nitrogens with one attached hydrogen (secondary N) is 1. The van der Waals surface area contributed by atoms with Crippen molar-refractivity contribution in [2.75, 3.05) is 13.1 Å². The average molecular weight is 272 g/mol. The highest BCUT2D eigenvalue weighted by Gasteiger charge is 2.37. The first-order valence-corrected chi connectivity index (χ1v) is 8.22. The maximum Gasteiger partial charge on any atom is 0.0309 e. The van der Waals surface area contributed by atoms with Crippen molar-refractivity contribution in [3.05, 3.63) is 35.4 Å². The molecule has 1 N–H and O–H groups in total. The van der Waals surface area contributed by atoms with Gasteiger partial charge in [0.15, 0.2) is 0 Å². The van der Waals surface area contributed by atoms with E-state index >= 15 is 0 Å². The Morgan fingerprint density at radius 3 is 2.75 bits per heavy atom. The number of hydrogen-bond acceptors (Lipinski definition) is 2. The molecular formula is C18H28N2. The summed E-state index contributed by atoms with van der Waals surface area (Å²) in [5.74, 6) is 0. The first kappa shape index (κ1) is 14.1. The van der Waals surface area contributed by atoms with E-state index in [9.17, 15) is 0 Å². The van der Waals surface area contributed by atoms with Crippen molar-refractivity contribution >= 4 is 0 Å². The molecule has 2 nitrogen and oxygen atoms in total. The van der Waals surface area contributed by atoms with Gasteiger partial charge in [0, 0.05) is 24.7 Å². The van der Waals surface area contributed by atoms with Crippen molar-refractivity contribution in [3.8, 4) is 0 Å². The number of aryl methyl sites for hydroxylation is 1. The summed E-state index contributed by atoms with van der Waals surface area (Å²) in [4.78, 5) is 2.72. The lowest BCUT2D eigenvalue weighted by Gasteiger charge is -2.35. The molecule has 110 valence electrons. The van der Waals surface area contributed by atoms with Crippen LogP contribution >= 0.6 is 0 Å². The van der Waals surface area contributed by atoms with Gasteiger partial charge in [-0.15, -0.1) is 0 Å². The predicted molar refractivity (Wildman–Crippen MR) is 84.9 cm³/mol. The highest BCUT2D eigenvalue weighted by atomic mass is 15.2. The Morgan fingerprint density at radius 2 is 2.00 bits per heavy atom. The van der Waals surface area contributed by atoms with Gasteiger partial charge in [-0.25, -0.2) is 0 Å². The zero-order valence-electron chi connectivity index (χ0n) is 13.0. The minimum Gasteiger partial charge on any atom is -0.310 e. The van der Waals surface area contributed by atoms with Crippen LogP contribution in [0.2, 0.25) is 0 Å². The number of rotatable bonds is 2. The van der Waals surface area contributed by atoms with Crippen molar-refractivity contribution in [2.45, 2.75) is 64.1 Å². The van der Waals surface area contributed by atoms with E-state index in [4.69, 9.17) is 0 Å². The summed E-state index contributed by atoms with van der Waals surface area (Å²) in [6.45, 7) is 8.15. The fourth-order valence-electron chi connectivity index (χ4n) is 3.93. The molecule has 2 fully saturated rings. The summed E-state index contributed by atoms with van der Waals surface area (Å²) in [7, 11) is 0. The molecule has 1 aliphatic carbocycles. The van der Waals surface area contributed by atoms with Gasteiger partial charge in [0.05, 0.1) is 0 Å². The molecule has 0 bridgehead atoms. The summed E-state index contributed by atoms with van der Waals surface area (Å²) >= 11 is 0. The summed E-state index contributed by atoms with van der Waals surface area (Å²) in [5.41, 5.74) is 3.33. The summed E-state index contributed by atoms with van der Waals surface area (Å²) in [5, 5.41) is 3.88. The van der Waals surface area contributed by atoms with Gasteiger partial charge in [-0.2, -0.15) is 0 Å². The van der Waals surface area contributed by atoms with E-state index in [1.54, 1.807) is 0 Å². The summed E-state index contributed by atoms with van der Waals surface area (Å²) in [6.07, 6.45) is 6.81. The third-order valence-corrected chi connectivity index (χ3v) is 5.39. The number of nitrogens with zero attached hydrogens (tertiary/aromatic N) is 1.